The van der Waals surface area contributed by atoms with Gasteiger partial charge in [-0.2, -0.15) is 0 Å². The summed E-state index contributed by atoms with van der Waals surface area (Å²) in [7, 11) is 0. The summed E-state index contributed by atoms with van der Waals surface area (Å²) in [6, 6.07) is 13.4. The molecule has 0 bridgehead atoms. The third kappa shape index (κ3) is 4.16. The fourth-order valence-electron chi connectivity index (χ4n) is 4.52. The maximum atomic E-state index is 13.1. The molecular formula is C25H28N2O3. The lowest BCUT2D eigenvalue weighted by Gasteiger charge is -2.18. The van der Waals surface area contributed by atoms with E-state index in [-0.39, 0.29) is 23.6 Å². The molecule has 156 valence electrons. The number of likely N-dealkylation sites (tertiary alicyclic amines) is 1. The van der Waals surface area contributed by atoms with Gasteiger partial charge in [0, 0.05) is 42.2 Å². The van der Waals surface area contributed by atoms with Crippen LogP contribution >= 0.6 is 0 Å². The number of nitrogens with zero attached hydrogens (tertiary/aromatic N) is 1. The highest BCUT2D eigenvalue weighted by Gasteiger charge is 2.31. The van der Waals surface area contributed by atoms with Crippen molar-refractivity contribution in [1.82, 2.24) is 10.2 Å². The van der Waals surface area contributed by atoms with Crippen LogP contribution in [0.4, 0.5) is 0 Å². The van der Waals surface area contributed by atoms with E-state index < -0.39 is 0 Å². The zero-order valence-corrected chi connectivity index (χ0v) is 17.6. The van der Waals surface area contributed by atoms with Crippen LogP contribution in [0.2, 0.25) is 0 Å². The van der Waals surface area contributed by atoms with E-state index in [1.807, 2.05) is 61.2 Å². The largest absolute Gasteiger partial charge is 0.350 e. The first-order chi connectivity index (χ1) is 14.4. The highest BCUT2D eigenvalue weighted by Crippen LogP contribution is 2.28. The fraction of sp³-hybridized carbons (Fsp3) is 0.400. The Morgan fingerprint density at radius 3 is 2.60 bits per heavy atom. The lowest BCUT2D eigenvalue weighted by Crippen LogP contribution is -2.30. The van der Waals surface area contributed by atoms with Gasteiger partial charge in [-0.1, -0.05) is 24.3 Å². The SMILES string of the molecule is CC(C)NC(=O)c1ccc(CC2CCN(C(=O)c3cccc4c3CCC4=O)C2)cc1. The normalized spacial score (nSPS) is 18.0. The molecular weight excluding hydrogens is 376 g/mol. The van der Waals surface area contributed by atoms with Crippen LogP contribution in [-0.2, 0) is 12.8 Å². The van der Waals surface area contributed by atoms with Crippen LogP contribution in [0.3, 0.4) is 0 Å². The van der Waals surface area contributed by atoms with Crippen LogP contribution in [0.25, 0.3) is 0 Å². The van der Waals surface area contributed by atoms with Crippen molar-refractivity contribution in [2.24, 2.45) is 5.92 Å². The Kier molecular flexibility index (Phi) is 5.71. The molecule has 5 heteroatoms. The van der Waals surface area contributed by atoms with E-state index >= 15 is 0 Å². The van der Waals surface area contributed by atoms with Crippen LogP contribution in [0.1, 0.15) is 68.9 Å². The average molecular weight is 405 g/mol. The predicted molar refractivity (Wildman–Crippen MR) is 116 cm³/mol. The Bertz CT molecular complexity index is 978. The number of carbonyl (C=O) groups is 3. The maximum absolute atomic E-state index is 13.1. The van der Waals surface area contributed by atoms with Crippen molar-refractivity contribution in [1.29, 1.82) is 0 Å². The average Bonchev–Trinajstić information content (AvgIpc) is 3.34. The van der Waals surface area contributed by atoms with Gasteiger partial charge in [-0.15, -0.1) is 0 Å². The molecule has 0 aromatic heterocycles. The molecule has 1 aliphatic heterocycles. The second kappa shape index (κ2) is 8.42. The Balaban J connectivity index is 1.38. The summed E-state index contributed by atoms with van der Waals surface area (Å²) < 4.78 is 0. The van der Waals surface area contributed by atoms with Crippen LogP contribution in [0.15, 0.2) is 42.5 Å². The molecule has 1 fully saturated rings. The number of hydrogen-bond acceptors (Lipinski definition) is 3. The zero-order chi connectivity index (χ0) is 21.3. The van der Waals surface area contributed by atoms with E-state index in [2.05, 4.69) is 5.32 Å². The number of amides is 2. The topological polar surface area (TPSA) is 66.5 Å². The van der Waals surface area contributed by atoms with Gasteiger partial charge in [0.15, 0.2) is 5.78 Å². The number of hydrogen-bond donors (Lipinski definition) is 1. The van der Waals surface area contributed by atoms with E-state index in [0.29, 0.717) is 29.9 Å². The van der Waals surface area contributed by atoms with E-state index in [4.69, 9.17) is 0 Å². The zero-order valence-electron chi connectivity index (χ0n) is 17.6. The predicted octanol–water partition coefficient (Wildman–Crippen LogP) is 3.66. The lowest BCUT2D eigenvalue weighted by atomic mass is 9.97. The van der Waals surface area contributed by atoms with E-state index in [1.165, 1.54) is 5.56 Å². The fourth-order valence-corrected chi connectivity index (χ4v) is 4.52. The number of fused-ring (bicyclic) bond motifs is 1. The molecule has 0 spiro atoms. The number of Topliss-reactive ketones (excluding diaryl/α,β-unsaturated/α-hetero) is 1. The van der Waals surface area contributed by atoms with Gasteiger partial charge in [0.1, 0.15) is 0 Å². The monoisotopic (exact) mass is 404 g/mol. The summed E-state index contributed by atoms with van der Waals surface area (Å²) in [6.07, 6.45) is 3.04. The van der Waals surface area contributed by atoms with Crippen LogP contribution in [0.5, 0.6) is 0 Å². The first-order valence-electron chi connectivity index (χ1n) is 10.8. The van der Waals surface area contributed by atoms with Gasteiger partial charge in [0.05, 0.1) is 0 Å². The molecule has 2 amide bonds. The molecule has 1 N–H and O–H groups in total. The maximum Gasteiger partial charge on any atom is 0.254 e. The highest BCUT2D eigenvalue weighted by atomic mass is 16.2. The van der Waals surface area contributed by atoms with Gasteiger partial charge in [0.25, 0.3) is 11.8 Å². The quantitative estimate of drug-likeness (QED) is 0.827. The number of carbonyl (C=O) groups excluding carboxylic acids is 3. The van der Waals surface area contributed by atoms with Crippen LogP contribution in [0, 0.1) is 5.92 Å². The molecule has 2 aliphatic rings. The van der Waals surface area contributed by atoms with Crippen molar-refractivity contribution in [3.05, 3.63) is 70.3 Å². The highest BCUT2D eigenvalue weighted by molar-refractivity contribution is 6.05. The second-order valence-corrected chi connectivity index (χ2v) is 8.69. The van der Waals surface area contributed by atoms with Crippen molar-refractivity contribution in [3.8, 4) is 0 Å². The van der Waals surface area contributed by atoms with Crippen molar-refractivity contribution in [3.63, 3.8) is 0 Å². The number of rotatable bonds is 5. The molecule has 1 unspecified atom stereocenters. The summed E-state index contributed by atoms with van der Waals surface area (Å²) in [5.74, 6) is 0.542. The van der Waals surface area contributed by atoms with Gasteiger partial charge in [-0.3, -0.25) is 14.4 Å². The third-order valence-electron chi connectivity index (χ3n) is 6.04. The van der Waals surface area contributed by atoms with Crippen molar-refractivity contribution < 1.29 is 14.4 Å². The molecule has 0 radical (unpaired) electrons. The molecule has 5 nitrogen and oxygen atoms in total. The van der Waals surface area contributed by atoms with Gasteiger partial charge in [0.2, 0.25) is 0 Å². The standard InChI is InChI=1S/C25H28N2O3/c1-16(2)26-24(29)19-8-6-17(7-9-19)14-18-12-13-27(15-18)25(30)22-5-3-4-21-20(22)10-11-23(21)28/h3-9,16,18H,10-15H2,1-2H3,(H,26,29). The molecule has 2 aromatic rings. The van der Waals surface area contributed by atoms with Gasteiger partial charge in [-0.25, -0.2) is 0 Å². The molecule has 30 heavy (non-hydrogen) atoms. The Labute approximate surface area is 177 Å². The van der Waals surface area contributed by atoms with E-state index in [1.54, 1.807) is 0 Å². The minimum absolute atomic E-state index is 0.0461. The molecule has 0 saturated carbocycles. The van der Waals surface area contributed by atoms with Crippen molar-refractivity contribution >= 4 is 17.6 Å². The Hall–Kier alpha value is -2.95. The molecule has 1 heterocycles. The summed E-state index contributed by atoms with van der Waals surface area (Å²) in [5, 5.41) is 2.90. The minimum atomic E-state index is -0.0527. The number of nitrogens with one attached hydrogen (secondary N) is 1. The van der Waals surface area contributed by atoms with Crippen molar-refractivity contribution in [2.45, 2.75) is 45.6 Å². The van der Waals surface area contributed by atoms with Crippen LogP contribution in [-0.4, -0.2) is 41.6 Å². The molecule has 2 aromatic carbocycles. The Morgan fingerprint density at radius 1 is 1.10 bits per heavy atom. The third-order valence-corrected chi connectivity index (χ3v) is 6.04. The number of ketones is 1. The molecule has 1 saturated heterocycles. The second-order valence-electron chi connectivity index (χ2n) is 8.69. The minimum Gasteiger partial charge on any atom is -0.350 e. The van der Waals surface area contributed by atoms with E-state index in [0.717, 1.165) is 37.1 Å². The lowest BCUT2D eigenvalue weighted by molar-refractivity contribution is 0.0785. The molecule has 1 atom stereocenters. The Morgan fingerprint density at radius 2 is 1.87 bits per heavy atom. The summed E-state index contributed by atoms with van der Waals surface area (Å²) in [6.45, 7) is 5.37. The van der Waals surface area contributed by atoms with Crippen molar-refractivity contribution in [2.75, 3.05) is 13.1 Å². The van der Waals surface area contributed by atoms with Gasteiger partial charge < -0.3 is 10.2 Å². The first kappa shape index (κ1) is 20.3. The molecule has 4 rings (SSSR count). The first-order valence-corrected chi connectivity index (χ1v) is 10.8. The van der Waals surface area contributed by atoms with Gasteiger partial charge >= 0.3 is 0 Å². The number of benzene rings is 2. The summed E-state index contributed by atoms with van der Waals surface area (Å²) in [5.41, 5.74) is 4.19. The van der Waals surface area contributed by atoms with Crippen LogP contribution < -0.4 is 5.32 Å². The van der Waals surface area contributed by atoms with E-state index in [9.17, 15) is 14.4 Å². The van der Waals surface area contributed by atoms with Gasteiger partial charge in [-0.05, 0) is 68.4 Å². The smallest absolute Gasteiger partial charge is 0.254 e. The summed E-state index contributed by atoms with van der Waals surface area (Å²) in [4.78, 5) is 39.1. The molecule has 1 aliphatic carbocycles. The summed E-state index contributed by atoms with van der Waals surface area (Å²) >= 11 is 0.